The third-order valence-corrected chi connectivity index (χ3v) is 12.2. The summed E-state index contributed by atoms with van der Waals surface area (Å²) in [7, 11) is 1.04. The highest BCUT2D eigenvalue weighted by atomic mass is 28.4. The first-order valence-corrected chi connectivity index (χ1v) is 15.9. The molecule has 2 aliphatic heterocycles. The van der Waals surface area contributed by atoms with Crippen LogP contribution in [0.2, 0.25) is 18.1 Å². The largest absolute Gasteiger partial charge is 0.408 e. The van der Waals surface area contributed by atoms with Crippen molar-refractivity contribution in [2.24, 2.45) is 5.92 Å². The molecule has 0 N–H and O–H groups in total. The van der Waals surface area contributed by atoms with Crippen molar-refractivity contribution in [1.29, 1.82) is 0 Å². The molecule has 0 unspecified atom stereocenters. The molecule has 6 atom stereocenters. The van der Waals surface area contributed by atoms with Gasteiger partial charge in [-0.2, -0.15) is 0 Å². The van der Waals surface area contributed by atoms with E-state index in [1.165, 1.54) is 5.56 Å². The fourth-order valence-corrected chi connectivity index (χ4v) is 6.15. The second-order valence-electron chi connectivity index (χ2n) is 11.4. The summed E-state index contributed by atoms with van der Waals surface area (Å²) in [6, 6.07) is 14.7. The molecule has 2 fully saturated rings. The van der Waals surface area contributed by atoms with Crippen molar-refractivity contribution in [3.63, 3.8) is 0 Å². The summed E-state index contributed by atoms with van der Waals surface area (Å²) >= 11 is 0. The Hall–Kier alpha value is -1.56. The lowest BCUT2D eigenvalue weighted by Crippen LogP contribution is -2.51. The van der Waals surface area contributed by atoms with Gasteiger partial charge in [-0.25, -0.2) is 0 Å². The molecule has 9 heteroatoms. The Morgan fingerprint density at radius 1 is 0.973 bits per heavy atom. The summed E-state index contributed by atoms with van der Waals surface area (Å²) in [5, 5.41) is 0.0287. The number of methoxy groups -OCH3 is 2. The Morgan fingerprint density at radius 3 is 2.38 bits per heavy atom. The molecule has 2 saturated heterocycles. The van der Waals surface area contributed by atoms with Gasteiger partial charge in [0.25, 0.3) is 0 Å². The second kappa shape index (κ2) is 12.1. The zero-order valence-electron chi connectivity index (χ0n) is 23.2. The Morgan fingerprint density at radius 2 is 1.70 bits per heavy atom. The van der Waals surface area contributed by atoms with E-state index in [2.05, 4.69) is 81.0 Å². The van der Waals surface area contributed by atoms with E-state index in [9.17, 15) is 0 Å². The molecular formula is C28H43NO7Si. The van der Waals surface area contributed by atoms with Crippen molar-refractivity contribution >= 4 is 8.32 Å². The molecule has 0 saturated carbocycles. The summed E-state index contributed by atoms with van der Waals surface area (Å²) in [6.45, 7) is 12.9. The Balaban J connectivity index is 1.71. The lowest BCUT2D eigenvalue weighted by atomic mass is 9.86. The standard InChI is InChI=1S/C28H43NO7Si/c1-28(2,3)37(6,7)36-24(21-14-11-15-29(21)16-20-12-9-8-10-13-20)23-25-22(17-32-18-30-4)34-27(35-25)26(23)33-19-31-5/h8-15,22-27H,16-19H2,1-7H3/t22-,23+,24-,25+,26-,27+/m1/s1. The van der Waals surface area contributed by atoms with E-state index in [1.54, 1.807) is 14.2 Å². The number of benzene rings is 1. The van der Waals surface area contributed by atoms with Gasteiger partial charge in [0.15, 0.2) is 14.6 Å². The lowest BCUT2D eigenvalue weighted by Gasteiger charge is -2.44. The maximum absolute atomic E-state index is 7.24. The lowest BCUT2D eigenvalue weighted by molar-refractivity contribution is -0.195. The van der Waals surface area contributed by atoms with Gasteiger partial charge < -0.3 is 37.4 Å². The number of hydrogen-bond acceptors (Lipinski definition) is 7. The smallest absolute Gasteiger partial charge is 0.193 e. The maximum Gasteiger partial charge on any atom is 0.193 e. The third kappa shape index (κ3) is 6.37. The summed E-state index contributed by atoms with van der Waals surface area (Å²) in [4.78, 5) is 0. The van der Waals surface area contributed by atoms with E-state index in [1.807, 2.05) is 6.07 Å². The van der Waals surface area contributed by atoms with Gasteiger partial charge in [-0.3, -0.25) is 0 Å². The first-order valence-electron chi connectivity index (χ1n) is 13.0. The number of hydrogen-bond donors (Lipinski definition) is 0. The molecule has 37 heavy (non-hydrogen) atoms. The zero-order valence-corrected chi connectivity index (χ0v) is 24.2. The van der Waals surface area contributed by atoms with E-state index in [-0.39, 0.29) is 49.0 Å². The number of rotatable bonds is 13. The van der Waals surface area contributed by atoms with E-state index >= 15 is 0 Å². The van der Waals surface area contributed by atoms with Crippen molar-refractivity contribution in [2.45, 2.75) is 76.2 Å². The highest BCUT2D eigenvalue weighted by molar-refractivity contribution is 6.74. The Labute approximate surface area is 222 Å². The molecule has 206 valence electrons. The highest BCUT2D eigenvalue weighted by Gasteiger charge is 2.60. The van der Waals surface area contributed by atoms with Crippen LogP contribution in [0.4, 0.5) is 0 Å². The van der Waals surface area contributed by atoms with E-state index in [0.29, 0.717) is 6.61 Å². The topological polar surface area (TPSA) is 69.5 Å². The van der Waals surface area contributed by atoms with Gasteiger partial charge in [0.1, 0.15) is 25.8 Å². The average molecular weight is 534 g/mol. The molecule has 1 aromatic carbocycles. The maximum atomic E-state index is 7.24. The predicted molar refractivity (Wildman–Crippen MR) is 143 cm³/mol. The van der Waals surface area contributed by atoms with Crippen LogP contribution < -0.4 is 0 Å². The van der Waals surface area contributed by atoms with Crippen molar-refractivity contribution < 1.29 is 32.8 Å². The molecule has 8 nitrogen and oxygen atoms in total. The van der Waals surface area contributed by atoms with Crippen molar-refractivity contribution in [2.75, 3.05) is 34.4 Å². The summed E-state index contributed by atoms with van der Waals surface area (Å²) in [5.74, 6) is -0.108. The number of nitrogens with zero attached hydrogens (tertiary/aromatic N) is 1. The minimum absolute atomic E-state index is 0.0287. The minimum atomic E-state index is -2.20. The zero-order chi connectivity index (χ0) is 26.6. The third-order valence-electron chi connectivity index (χ3n) is 7.78. The van der Waals surface area contributed by atoms with Crippen molar-refractivity contribution in [1.82, 2.24) is 4.57 Å². The summed E-state index contributed by atoms with van der Waals surface area (Å²) in [6.07, 6.45) is 0.529. The van der Waals surface area contributed by atoms with Crippen LogP contribution in [0.25, 0.3) is 0 Å². The molecule has 2 aromatic rings. The van der Waals surface area contributed by atoms with Crippen LogP contribution in [-0.2, 0) is 39.4 Å². The van der Waals surface area contributed by atoms with Gasteiger partial charge in [0, 0.05) is 32.7 Å². The number of aromatic nitrogens is 1. The fourth-order valence-electron chi connectivity index (χ4n) is 4.89. The normalized spacial score (nSPS) is 26.6. The predicted octanol–water partition coefficient (Wildman–Crippen LogP) is 4.95. The van der Waals surface area contributed by atoms with Crippen LogP contribution in [0.1, 0.15) is 38.1 Å². The van der Waals surface area contributed by atoms with Gasteiger partial charge in [-0.05, 0) is 35.8 Å². The molecule has 3 heterocycles. The molecule has 0 radical (unpaired) electrons. The van der Waals surface area contributed by atoms with E-state index < -0.39 is 14.6 Å². The monoisotopic (exact) mass is 533 g/mol. The Kier molecular flexibility index (Phi) is 9.29. The number of fused-ring (bicyclic) bond motifs is 2. The van der Waals surface area contributed by atoms with Gasteiger partial charge in [-0.1, -0.05) is 51.1 Å². The van der Waals surface area contributed by atoms with Gasteiger partial charge in [-0.15, -0.1) is 0 Å². The van der Waals surface area contributed by atoms with Crippen LogP contribution in [-0.4, -0.2) is 71.9 Å². The first-order chi connectivity index (χ1) is 17.7. The molecular weight excluding hydrogens is 490 g/mol. The quantitative estimate of drug-likeness (QED) is 0.205. The van der Waals surface area contributed by atoms with Gasteiger partial charge >= 0.3 is 0 Å². The molecule has 1 aromatic heterocycles. The first kappa shape index (κ1) is 28.4. The summed E-state index contributed by atoms with van der Waals surface area (Å²) in [5.41, 5.74) is 2.34. The molecule has 2 bridgehead atoms. The molecule has 0 spiro atoms. The number of ether oxygens (including phenoxy) is 6. The van der Waals surface area contributed by atoms with Crippen molar-refractivity contribution in [3.05, 3.63) is 59.9 Å². The van der Waals surface area contributed by atoms with Crippen LogP contribution in [0, 0.1) is 5.92 Å². The second-order valence-corrected chi connectivity index (χ2v) is 16.1. The van der Waals surface area contributed by atoms with E-state index in [4.69, 9.17) is 32.8 Å². The average Bonchev–Trinajstić information content (AvgIpc) is 3.56. The fraction of sp³-hybridized carbons (Fsp3) is 0.643. The molecule has 0 aliphatic carbocycles. The van der Waals surface area contributed by atoms with Gasteiger partial charge in [0.05, 0.1) is 24.7 Å². The Bertz CT molecular complexity index is 976. The van der Waals surface area contributed by atoms with Crippen LogP contribution in [0.5, 0.6) is 0 Å². The van der Waals surface area contributed by atoms with Gasteiger partial charge in [0.2, 0.25) is 0 Å². The molecule has 0 amide bonds. The van der Waals surface area contributed by atoms with Crippen LogP contribution in [0.15, 0.2) is 48.7 Å². The van der Waals surface area contributed by atoms with Crippen LogP contribution in [0.3, 0.4) is 0 Å². The van der Waals surface area contributed by atoms with E-state index in [0.717, 1.165) is 12.2 Å². The highest BCUT2D eigenvalue weighted by Crippen LogP contribution is 2.50. The molecule has 2 aliphatic rings. The minimum Gasteiger partial charge on any atom is -0.408 e. The summed E-state index contributed by atoms with van der Waals surface area (Å²) < 4.78 is 44.4. The van der Waals surface area contributed by atoms with Crippen molar-refractivity contribution in [3.8, 4) is 0 Å². The molecule has 4 rings (SSSR count). The SMILES string of the molecule is COCOC[C@H]1O[C@H]2O[C@@H]1[C@H]([C@H](O[Si](C)(C)C(C)(C)C)c1cccn1Cc1ccccc1)[C@H]2OCOC. The van der Waals surface area contributed by atoms with Crippen LogP contribution >= 0.6 is 0 Å².